The second-order valence-corrected chi connectivity index (χ2v) is 5.70. The summed E-state index contributed by atoms with van der Waals surface area (Å²) < 4.78 is 0. The standard InChI is InChI=1S/C16H12Cl2O/c17-13-8-4-7-12(9-13)16(15(18)19)10-14(16)11-5-2-1-3-6-11/h1-9,14H,10H2/t14-,16+/m1/s1. The zero-order chi connectivity index (χ0) is 13.5. The first-order chi connectivity index (χ1) is 9.14. The molecule has 2 aromatic rings. The van der Waals surface area contributed by atoms with Gasteiger partial charge >= 0.3 is 0 Å². The average molecular weight is 291 g/mol. The van der Waals surface area contributed by atoms with E-state index in [-0.39, 0.29) is 11.2 Å². The van der Waals surface area contributed by atoms with Gasteiger partial charge in [0.2, 0.25) is 5.24 Å². The van der Waals surface area contributed by atoms with Crippen LogP contribution in [0.5, 0.6) is 0 Å². The summed E-state index contributed by atoms with van der Waals surface area (Å²) in [5.74, 6) is 0.150. The number of hydrogen-bond acceptors (Lipinski definition) is 1. The molecular weight excluding hydrogens is 279 g/mol. The third-order valence-electron chi connectivity index (χ3n) is 3.85. The number of benzene rings is 2. The molecule has 2 aromatic carbocycles. The van der Waals surface area contributed by atoms with Crippen molar-refractivity contribution in [3.8, 4) is 0 Å². The summed E-state index contributed by atoms with van der Waals surface area (Å²) in [6.45, 7) is 0. The Kier molecular flexibility index (Phi) is 3.12. The molecule has 3 heteroatoms. The monoisotopic (exact) mass is 290 g/mol. The Morgan fingerprint density at radius 1 is 1.11 bits per heavy atom. The Bertz CT molecular complexity index is 624. The molecule has 0 aliphatic heterocycles. The fourth-order valence-electron chi connectivity index (χ4n) is 2.77. The molecule has 1 fully saturated rings. The van der Waals surface area contributed by atoms with Gasteiger partial charge in [0.25, 0.3) is 0 Å². The first-order valence-electron chi connectivity index (χ1n) is 6.15. The van der Waals surface area contributed by atoms with Gasteiger partial charge in [-0.05, 0) is 41.3 Å². The minimum Gasteiger partial charge on any atom is -0.280 e. The second kappa shape index (κ2) is 4.66. The lowest BCUT2D eigenvalue weighted by Crippen LogP contribution is -2.17. The summed E-state index contributed by atoms with van der Waals surface area (Å²) in [7, 11) is 0. The van der Waals surface area contributed by atoms with Crippen molar-refractivity contribution in [2.45, 2.75) is 17.8 Å². The van der Waals surface area contributed by atoms with Crippen LogP contribution >= 0.6 is 23.2 Å². The smallest absolute Gasteiger partial charge is 0.232 e. The lowest BCUT2D eigenvalue weighted by Gasteiger charge is -2.13. The average Bonchev–Trinajstić information content (AvgIpc) is 3.16. The van der Waals surface area contributed by atoms with E-state index in [2.05, 4.69) is 0 Å². The Labute approximate surface area is 122 Å². The van der Waals surface area contributed by atoms with Crippen LogP contribution in [0.4, 0.5) is 0 Å². The molecular formula is C16H12Cl2O. The fraction of sp³-hybridized carbons (Fsp3) is 0.188. The molecule has 0 bridgehead atoms. The lowest BCUT2D eigenvalue weighted by molar-refractivity contribution is -0.114. The van der Waals surface area contributed by atoms with Crippen molar-refractivity contribution >= 4 is 28.4 Å². The van der Waals surface area contributed by atoms with Crippen molar-refractivity contribution in [1.82, 2.24) is 0 Å². The van der Waals surface area contributed by atoms with Crippen LogP contribution in [0.3, 0.4) is 0 Å². The topological polar surface area (TPSA) is 17.1 Å². The van der Waals surface area contributed by atoms with E-state index in [0.29, 0.717) is 5.02 Å². The van der Waals surface area contributed by atoms with Gasteiger partial charge in [-0.3, -0.25) is 4.79 Å². The Morgan fingerprint density at radius 3 is 2.47 bits per heavy atom. The van der Waals surface area contributed by atoms with E-state index in [1.165, 1.54) is 0 Å². The summed E-state index contributed by atoms with van der Waals surface area (Å²) in [6.07, 6.45) is 0.750. The Balaban J connectivity index is 2.03. The van der Waals surface area contributed by atoms with E-state index in [0.717, 1.165) is 17.5 Å². The largest absolute Gasteiger partial charge is 0.280 e. The number of rotatable bonds is 3. The molecule has 0 N–H and O–H groups in total. The van der Waals surface area contributed by atoms with E-state index in [1.54, 1.807) is 6.07 Å². The molecule has 0 heterocycles. The molecule has 2 atom stereocenters. The van der Waals surface area contributed by atoms with Crippen molar-refractivity contribution in [1.29, 1.82) is 0 Å². The first-order valence-corrected chi connectivity index (χ1v) is 6.91. The highest BCUT2D eigenvalue weighted by Crippen LogP contribution is 2.61. The second-order valence-electron chi connectivity index (χ2n) is 4.92. The van der Waals surface area contributed by atoms with Crippen LogP contribution in [-0.4, -0.2) is 5.24 Å². The molecule has 0 saturated heterocycles. The minimum atomic E-state index is -0.603. The van der Waals surface area contributed by atoms with E-state index in [4.69, 9.17) is 23.2 Å². The number of carbonyl (C=O) groups excluding carboxylic acids is 1. The minimum absolute atomic E-state index is 0.150. The van der Waals surface area contributed by atoms with Crippen molar-refractivity contribution in [3.63, 3.8) is 0 Å². The van der Waals surface area contributed by atoms with Crippen LogP contribution in [0, 0.1) is 0 Å². The third-order valence-corrected chi connectivity index (χ3v) is 4.43. The molecule has 0 unspecified atom stereocenters. The van der Waals surface area contributed by atoms with Gasteiger partial charge in [0.15, 0.2) is 0 Å². The predicted octanol–water partition coefficient (Wildman–Crippen LogP) is 4.53. The summed E-state index contributed by atoms with van der Waals surface area (Å²) in [5.41, 5.74) is 1.46. The SMILES string of the molecule is O=C(Cl)[C@]1(c2cccc(Cl)c2)C[C@@H]1c1ccccc1. The van der Waals surface area contributed by atoms with E-state index in [9.17, 15) is 4.79 Å². The Morgan fingerprint density at radius 2 is 1.84 bits per heavy atom. The molecule has 0 amide bonds. The lowest BCUT2D eigenvalue weighted by atomic mass is 9.92. The zero-order valence-electron chi connectivity index (χ0n) is 10.1. The molecule has 1 aliphatic carbocycles. The molecule has 19 heavy (non-hydrogen) atoms. The molecule has 1 saturated carbocycles. The highest BCUT2D eigenvalue weighted by molar-refractivity contribution is 6.66. The van der Waals surface area contributed by atoms with Gasteiger partial charge in [0.05, 0.1) is 5.41 Å². The van der Waals surface area contributed by atoms with Crippen LogP contribution < -0.4 is 0 Å². The van der Waals surface area contributed by atoms with Crippen LogP contribution in [-0.2, 0) is 10.2 Å². The van der Waals surface area contributed by atoms with Gasteiger partial charge in [-0.1, -0.05) is 54.1 Å². The van der Waals surface area contributed by atoms with E-state index < -0.39 is 5.41 Å². The zero-order valence-corrected chi connectivity index (χ0v) is 11.7. The maximum absolute atomic E-state index is 11.9. The maximum atomic E-state index is 11.9. The van der Waals surface area contributed by atoms with Crippen LogP contribution in [0.25, 0.3) is 0 Å². The molecule has 1 nitrogen and oxygen atoms in total. The summed E-state index contributed by atoms with van der Waals surface area (Å²) in [6, 6.07) is 17.4. The van der Waals surface area contributed by atoms with Crippen molar-refractivity contribution in [2.24, 2.45) is 0 Å². The quantitative estimate of drug-likeness (QED) is 0.759. The maximum Gasteiger partial charge on any atom is 0.232 e. The van der Waals surface area contributed by atoms with Crippen LogP contribution in [0.2, 0.25) is 5.02 Å². The summed E-state index contributed by atoms with van der Waals surface area (Å²) in [5, 5.41) is 0.331. The van der Waals surface area contributed by atoms with Crippen LogP contribution in [0.15, 0.2) is 54.6 Å². The Hall–Kier alpha value is -1.31. The molecule has 96 valence electrons. The molecule has 0 spiro atoms. The van der Waals surface area contributed by atoms with Crippen molar-refractivity contribution < 1.29 is 4.79 Å². The number of halogens is 2. The third kappa shape index (κ3) is 2.07. The normalized spacial score (nSPS) is 25.1. The van der Waals surface area contributed by atoms with Crippen LogP contribution in [0.1, 0.15) is 23.5 Å². The van der Waals surface area contributed by atoms with Gasteiger partial charge in [-0.15, -0.1) is 0 Å². The van der Waals surface area contributed by atoms with E-state index in [1.807, 2.05) is 48.5 Å². The highest BCUT2D eigenvalue weighted by Gasteiger charge is 2.60. The van der Waals surface area contributed by atoms with Gasteiger partial charge < -0.3 is 0 Å². The van der Waals surface area contributed by atoms with Gasteiger partial charge in [-0.2, -0.15) is 0 Å². The van der Waals surface area contributed by atoms with Crippen molar-refractivity contribution in [3.05, 3.63) is 70.7 Å². The summed E-state index contributed by atoms with van der Waals surface area (Å²) in [4.78, 5) is 11.9. The highest BCUT2D eigenvalue weighted by atomic mass is 35.5. The van der Waals surface area contributed by atoms with Gasteiger partial charge in [0, 0.05) is 10.9 Å². The van der Waals surface area contributed by atoms with E-state index >= 15 is 0 Å². The van der Waals surface area contributed by atoms with Gasteiger partial charge in [0.1, 0.15) is 0 Å². The number of hydrogen-bond donors (Lipinski definition) is 0. The molecule has 1 aliphatic rings. The number of carbonyl (C=O) groups is 1. The van der Waals surface area contributed by atoms with Gasteiger partial charge in [-0.25, -0.2) is 0 Å². The molecule has 0 radical (unpaired) electrons. The molecule has 0 aromatic heterocycles. The fourth-order valence-corrected chi connectivity index (χ4v) is 3.27. The molecule has 3 rings (SSSR count). The summed E-state index contributed by atoms with van der Waals surface area (Å²) >= 11 is 11.9. The first kappa shape index (κ1) is 12.7. The van der Waals surface area contributed by atoms with Crippen molar-refractivity contribution in [2.75, 3.05) is 0 Å². The predicted molar refractivity (Wildman–Crippen MR) is 77.8 cm³/mol.